The second kappa shape index (κ2) is 6.54. The van der Waals surface area contributed by atoms with Crippen molar-refractivity contribution in [3.8, 4) is 0 Å². The monoisotopic (exact) mass is 354 g/mol. The van der Waals surface area contributed by atoms with Gasteiger partial charge in [-0.25, -0.2) is 0 Å². The van der Waals surface area contributed by atoms with Crippen molar-refractivity contribution in [2.45, 2.75) is 51.2 Å². The van der Waals surface area contributed by atoms with Crippen molar-refractivity contribution in [2.24, 2.45) is 5.92 Å². The normalized spacial score (nSPS) is 25.9. The zero-order valence-electron chi connectivity index (χ0n) is 15.3. The number of nitrogens with zero attached hydrogens (tertiary/aromatic N) is 2. The van der Waals surface area contributed by atoms with Gasteiger partial charge in [0.25, 0.3) is 0 Å². The molecule has 2 aromatic rings. The number of piperidine rings is 1. The molecule has 0 radical (unpaired) electrons. The van der Waals surface area contributed by atoms with Crippen LogP contribution in [-0.2, 0) is 11.3 Å². The minimum Gasteiger partial charge on any atom is -0.389 e. The number of Topliss-reactive ketones (excluding diaryl/α,β-unsaturated/α-hetero) is 1. The molecule has 2 aliphatic rings. The van der Waals surface area contributed by atoms with Gasteiger partial charge in [-0.2, -0.15) is 0 Å². The topological polar surface area (TPSA) is 62.5 Å². The highest BCUT2D eigenvalue weighted by atomic mass is 16.3. The van der Waals surface area contributed by atoms with Crippen LogP contribution in [0.25, 0.3) is 10.9 Å². The van der Waals surface area contributed by atoms with Gasteiger partial charge in [0.1, 0.15) is 6.54 Å². The number of amides is 1. The first-order chi connectivity index (χ1) is 12.5. The van der Waals surface area contributed by atoms with Gasteiger partial charge < -0.3 is 14.6 Å². The summed E-state index contributed by atoms with van der Waals surface area (Å²) in [5.41, 5.74) is 1.00. The summed E-state index contributed by atoms with van der Waals surface area (Å²) in [5, 5.41) is 11.7. The molecule has 2 fully saturated rings. The third-order valence-electron chi connectivity index (χ3n) is 6.25. The molecule has 1 saturated carbocycles. The Hall–Kier alpha value is -2.14. The number of ketones is 1. The summed E-state index contributed by atoms with van der Waals surface area (Å²) in [4.78, 5) is 26.7. The molecule has 2 unspecified atom stereocenters. The lowest BCUT2D eigenvalue weighted by Gasteiger charge is -2.47. The highest BCUT2D eigenvalue weighted by Gasteiger charge is 2.43. The third-order valence-corrected chi connectivity index (χ3v) is 6.25. The second-order valence-electron chi connectivity index (χ2n) is 7.88. The first-order valence-electron chi connectivity index (χ1n) is 9.57. The summed E-state index contributed by atoms with van der Waals surface area (Å²) in [5.74, 6) is 0.272. The highest BCUT2D eigenvalue weighted by Crippen LogP contribution is 2.39. The lowest BCUT2D eigenvalue weighted by Crippen LogP contribution is -2.55. The first-order valence-corrected chi connectivity index (χ1v) is 9.57. The quantitative estimate of drug-likeness (QED) is 0.862. The van der Waals surface area contributed by atoms with Crippen LogP contribution < -0.4 is 0 Å². The van der Waals surface area contributed by atoms with Crippen LogP contribution in [0.5, 0.6) is 0 Å². The van der Waals surface area contributed by atoms with E-state index in [0.29, 0.717) is 25.1 Å². The lowest BCUT2D eigenvalue weighted by molar-refractivity contribution is -0.143. The van der Waals surface area contributed by atoms with E-state index < -0.39 is 5.60 Å². The Morgan fingerprint density at radius 1 is 1.23 bits per heavy atom. The summed E-state index contributed by atoms with van der Waals surface area (Å²) < 4.78 is 1.88. The number of hydrogen-bond donors (Lipinski definition) is 1. The van der Waals surface area contributed by atoms with Gasteiger partial charge >= 0.3 is 0 Å². The van der Waals surface area contributed by atoms with E-state index in [-0.39, 0.29) is 24.2 Å². The van der Waals surface area contributed by atoms with Crippen molar-refractivity contribution >= 4 is 22.6 Å². The molecule has 1 aliphatic heterocycles. The van der Waals surface area contributed by atoms with Crippen molar-refractivity contribution in [1.82, 2.24) is 9.47 Å². The molecule has 1 aromatic carbocycles. The average Bonchev–Trinajstić information content (AvgIpc) is 3.00. The average molecular weight is 354 g/mol. The summed E-state index contributed by atoms with van der Waals surface area (Å²) in [6.45, 7) is 3.06. The molecule has 1 aromatic heterocycles. The standard InChI is InChI=1S/C21H26N2O3/c1-15(24)18-13-23(19-8-3-2-7-17(18)19)14-20(25)22-11-10-21(26)9-5-4-6-16(21)12-22/h2-3,7-8,13,16,26H,4-6,9-12,14H2,1H3. The second-order valence-corrected chi connectivity index (χ2v) is 7.88. The molecular weight excluding hydrogens is 328 g/mol. The van der Waals surface area contributed by atoms with E-state index in [0.717, 1.165) is 36.6 Å². The Morgan fingerprint density at radius 2 is 2.04 bits per heavy atom. The van der Waals surface area contributed by atoms with Crippen LogP contribution in [0.3, 0.4) is 0 Å². The van der Waals surface area contributed by atoms with Gasteiger partial charge in [0.05, 0.1) is 5.60 Å². The number of fused-ring (bicyclic) bond motifs is 2. The van der Waals surface area contributed by atoms with Crippen molar-refractivity contribution in [3.63, 3.8) is 0 Å². The Labute approximate surface area is 153 Å². The van der Waals surface area contributed by atoms with Crippen LogP contribution in [-0.4, -0.2) is 45.0 Å². The fourth-order valence-electron chi connectivity index (χ4n) is 4.70. The largest absolute Gasteiger partial charge is 0.389 e. The predicted octanol–water partition coefficient (Wildman–Crippen LogP) is 3.00. The summed E-state index contributed by atoms with van der Waals surface area (Å²) in [6.07, 6.45) is 6.56. The SMILES string of the molecule is CC(=O)c1cn(CC(=O)N2CCC3(O)CCCCC3C2)c2ccccc12. The van der Waals surface area contributed by atoms with E-state index >= 15 is 0 Å². The zero-order chi connectivity index (χ0) is 18.3. The van der Waals surface area contributed by atoms with Gasteiger partial charge in [0, 0.05) is 41.7 Å². The number of hydrogen-bond acceptors (Lipinski definition) is 3. The fourth-order valence-corrected chi connectivity index (χ4v) is 4.70. The zero-order valence-corrected chi connectivity index (χ0v) is 15.3. The van der Waals surface area contributed by atoms with Gasteiger partial charge in [0.15, 0.2) is 5.78 Å². The number of likely N-dealkylation sites (tertiary alicyclic amines) is 1. The predicted molar refractivity (Wildman–Crippen MR) is 100 cm³/mol. The summed E-state index contributed by atoms with van der Waals surface area (Å²) in [7, 11) is 0. The number of carbonyl (C=O) groups excluding carboxylic acids is 2. The van der Waals surface area contributed by atoms with Crippen LogP contribution >= 0.6 is 0 Å². The van der Waals surface area contributed by atoms with E-state index in [1.165, 1.54) is 0 Å². The maximum absolute atomic E-state index is 12.9. The van der Waals surface area contributed by atoms with Crippen molar-refractivity contribution in [2.75, 3.05) is 13.1 Å². The molecule has 4 rings (SSSR count). The van der Waals surface area contributed by atoms with Gasteiger partial charge in [-0.05, 0) is 32.3 Å². The number of benzene rings is 1. The molecule has 0 bridgehead atoms. The van der Waals surface area contributed by atoms with Gasteiger partial charge in [-0.15, -0.1) is 0 Å². The van der Waals surface area contributed by atoms with Crippen LogP contribution in [0.4, 0.5) is 0 Å². The molecule has 138 valence electrons. The van der Waals surface area contributed by atoms with Crippen molar-refractivity contribution in [3.05, 3.63) is 36.0 Å². The number of aromatic nitrogens is 1. The van der Waals surface area contributed by atoms with Crippen LogP contribution in [0.15, 0.2) is 30.5 Å². The molecule has 1 saturated heterocycles. The number of rotatable bonds is 3. The van der Waals surface area contributed by atoms with Gasteiger partial charge in [-0.3, -0.25) is 9.59 Å². The van der Waals surface area contributed by atoms with E-state index in [2.05, 4.69) is 0 Å². The molecular formula is C21H26N2O3. The van der Waals surface area contributed by atoms with Crippen molar-refractivity contribution in [1.29, 1.82) is 0 Å². The molecule has 5 heteroatoms. The molecule has 0 spiro atoms. The maximum Gasteiger partial charge on any atom is 0.242 e. The third kappa shape index (κ3) is 2.94. The molecule has 2 heterocycles. The van der Waals surface area contributed by atoms with Crippen molar-refractivity contribution < 1.29 is 14.7 Å². The van der Waals surface area contributed by atoms with Crippen LogP contribution in [0.1, 0.15) is 49.4 Å². The number of aliphatic hydroxyl groups is 1. The molecule has 26 heavy (non-hydrogen) atoms. The Kier molecular flexibility index (Phi) is 4.35. The van der Waals surface area contributed by atoms with E-state index in [1.807, 2.05) is 33.7 Å². The van der Waals surface area contributed by atoms with E-state index in [1.54, 1.807) is 13.1 Å². The van der Waals surface area contributed by atoms with Crippen LogP contribution in [0.2, 0.25) is 0 Å². The number of para-hydroxylation sites is 1. The van der Waals surface area contributed by atoms with E-state index in [4.69, 9.17) is 0 Å². The first kappa shape index (κ1) is 17.3. The number of carbonyl (C=O) groups is 2. The molecule has 1 amide bonds. The fraction of sp³-hybridized carbons (Fsp3) is 0.524. The molecule has 5 nitrogen and oxygen atoms in total. The minimum atomic E-state index is -0.572. The van der Waals surface area contributed by atoms with Gasteiger partial charge in [0.2, 0.25) is 5.91 Å². The molecule has 2 atom stereocenters. The summed E-state index contributed by atoms with van der Waals surface area (Å²) in [6, 6.07) is 7.72. The highest BCUT2D eigenvalue weighted by molar-refractivity contribution is 6.07. The van der Waals surface area contributed by atoms with Gasteiger partial charge in [-0.1, -0.05) is 31.0 Å². The minimum absolute atomic E-state index is 0.0117. The lowest BCUT2D eigenvalue weighted by atomic mass is 9.71. The molecule has 1 aliphatic carbocycles. The Balaban J connectivity index is 1.54. The smallest absolute Gasteiger partial charge is 0.242 e. The maximum atomic E-state index is 12.9. The molecule has 1 N–H and O–H groups in total. The van der Waals surface area contributed by atoms with Crippen LogP contribution in [0, 0.1) is 5.92 Å². The Bertz CT molecular complexity index is 856. The summed E-state index contributed by atoms with van der Waals surface area (Å²) >= 11 is 0. The Morgan fingerprint density at radius 3 is 2.85 bits per heavy atom. The van der Waals surface area contributed by atoms with E-state index in [9.17, 15) is 14.7 Å².